The number of H-pyrrole nitrogens is 1. The third kappa shape index (κ3) is 2.07. The Morgan fingerprint density at radius 2 is 2.17 bits per heavy atom. The van der Waals surface area contributed by atoms with Crippen molar-refractivity contribution in [1.82, 2.24) is 10.2 Å². The van der Waals surface area contributed by atoms with Crippen molar-refractivity contribution >= 4 is 10.0 Å². The Bertz CT molecular complexity index is 681. The molecule has 2 rings (SSSR count). The van der Waals surface area contributed by atoms with Crippen LogP contribution in [0.15, 0.2) is 29.3 Å². The monoisotopic (exact) mass is 271 g/mol. The molecule has 0 amide bonds. The van der Waals surface area contributed by atoms with Crippen LogP contribution >= 0.6 is 0 Å². The van der Waals surface area contributed by atoms with Crippen molar-refractivity contribution in [1.29, 1.82) is 0 Å². The number of hydrogen-bond donors (Lipinski definition) is 2. The van der Waals surface area contributed by atoms with Gasteiger partial charge in [0.05, 0.1) is 24.6 Å². The zero-order valence-electron chi connectivity index (χ0n) is 9.34. The Morgan fingerprint density at radius 3 is 2.78 bits per heavy atom. The lowest BCUT2D eigenvalue weighted by Gasteiger charge is -2.08. The fourth-order valence-corrected chi connectivity index (χ4v) is 2.22. The molecule has 0 radical (unpaired) electrons. The van der Waals surface area contributed by atoms with E-state index in [1.165, 1.54) is 25.3 Å². The highest BCUT2D eigenvalue weighted by atomic mass is 32.2. The largest absolute Gasteiger partial charge is 0.496 e. The van der Waals surface area contributed by atoms with Gasteiger partial charge in [-0.25, -0.2) is 17.9 Å². The summed E-state index contributed by atoms with van der Waals surface area (Å²) in [7, 11) is -2.64. The smallest absolute Gasteiger partial charge is 0.241 e. The van der Waals surface area contributed by atoms with E-state index in [1.807, 2.05) is 0 Å². The molecule has 1 aromatic heterocycles. The minimum atomic E-state index is -4.00. The summed E-state index contributed by atoms with van der Waals surface area (Å²) in [5, 5.41) is 11.0. The molecule has 0 aliphatic carbocycles. The summed E-state index contributed by atoms with van der Waals surface area (Å²) in [5.74, 6) is -0.451. The second kappa shape index (κ2) is 4.39. The summed E-state index contributed by atoms with van der Waals surface area (Å²) < 4.78 is 41.5. The lowest BCUT2D eigenvalue weighted by Crippen LogP contribution is -2.12. The first-order valence-electron chi connectivity index (χ1n) is 4.84. The number of aromatic amines is 1. The van der Waals surface area contributed by atoms with Gasteiger partial charge in [-0.2, -0.15) is 5.10 Å². The predicted molar refractivity (Wildman–Crippen MR) is 61.9 cm³/mol. The second-order valence-electron chi connectivity index (χ2n) is 3.47. The fourth-order valence-electron chi connectivity index (χ4n) is 1.59. The van der Waals surface area contributed by atoms with Gasteiger partial charge < -0.3 is 4.74 Å². The molecule has 6 nitrogen and oxygen atoms in total. The van der Waals surface area contributed by atoms with E-state index in [0.717, 1.165) is 6.20 Å². The highest BCUT2D eigenvalue weighted by Crippen LogP contribution is 2.34. The average Bonchev–Trinajstić information content (AvgIpc) is 2.76. The third-order valence-corrected chi connectivity index (χ3v) is 3.28. The summed E-state index contributed by atoms with van der Waals surface area (Å²) in [4.78, 5) is -0.286. The number of hydrogen-bond acceptors (Lipinski definition) is 4. The van der Waals surface area contributed by atoms with E-state index in [9.17, 15) is 12.8 Å². The van der Waals surface area contributed by atoms with Crippen molar-refractivity contribution in [3.63, 3.8) is 0 Å². The number of sulfonamides is 1. The molecule has 0 bridgehead atoms. The summed E-state index contributed by atoms with van der Waals surface area (Å²) in [6.07, 6.45) is 1.02. The van der Waals surface area contributed by atoms with Crippen molar-refractivity contribution in [2.24, 2.45) is 5.14 Å². The van der Waals surface area contributed by atoms with Crippen LogP contribution in [0, 0.1) is 5.82 Å². The Kier molecular flexibility index (Phi) is 3.05. The molecule has 0 atom stereocenters. The first-order chi connectivity index (χ1) is 8.45. The number of benzene rings is 1. The Hall–Kier alpha value is -1.93. The molecule has 18 heavy (non-hydrogen) atoms. The molecule has 3 N–H and O–H groups in total. The molecule has 0 fully saturated rings. The minimum Gasteiger partial charge on any atom is -0.496 e. The molecular weight excluding hydrogens is 261 g/mol. The zero-order valence-corrected chi connectivity index (χ0v) is 10.2. The molecule has 96 valence electrons. The average molecular weight is 271 g/mol. The molecule has 1 heterocycles. The van der Waals surface area contributed by atoms with Gasteiger partial charge in [-0.15, -0.1) is 0 Å². The van der Waals surface area contributed by atoms with Gasteiger partial charge in [0.25, 0.3) is 0 Å². The van der Waals surface area contributed by atoms with E-state index in [1.54, 1.807) is 0 Å². The van der Waals surface area contributed by atoms with Crippen molar-refractivity contribution in [3.8, 4) is 17.0 Å². The van der Waals surface area contributed by atoms with E-state index in [4.69, 9.17) is 9.88 Å². The number of methoxy groups -OCH3 is 1. The molecule has 8 heteroatoms. The first kappa shape index (κ1) is 12.5. The number of nitrogens with two attached hydrogens (primary N) is 1. The molecule has 1 aromatic carbocycles. The van der Waals surface area contributed by atoms with E-state index in [-0.39, 0.29) is 21.9 Å². The number of primary sulfonamides is 1. The van der Waals surface area contributed by atoms with Crippen molar-refractivity contribution < 1.29 is 17.5 Å². The summed E-state index contributed by atoms with van der Waals surface area (Å²) in [6.45, 7) is 0. The molecule has 0 aliphatic rings. The Morgan fingerprint density at radius 1 is 1.44 bits per heavy atom. The first-order valence-corrected chi connectivity index (χ1v) is 6.39. The van der Waals surface area contributed by atoms with Crippen LogP contribution in [0.5, 0.6) is 5.75 Å². The number of nitrogens with zero attached hydrogens (tertiary/aromatic N) is 1. The van der Waals surface area contributed by atoms with Gasteiger partial charge in [0, 0.05) is 0 Å². The summed E-state index contributed by atoms with van der Waals surface area (Å²) >= 11 is 0. The quantitative estimate of drug-likeness (QED) is 0.865. The Balaban J connectivity index is 2.75. The van der Waals surface area contributed by atoms with Crippen molar-refractivity contribution in [2.45, 2.75) is 4.90 Å². The van der Waals surface area contributed by atoms with Crippen LogP contribution in [0.3, 0.4) is 0 Å². The van der Waals surface area contributed by atoms with E-state index < -0.39 is 15.8 Å². The highest BCUT2D eigenvalue weighted by molar-refractivity contribution is 7.89. The Labute approximate surface area is 103 Å². The number of nitrogens with one attached hydrogen (secondary N) is 1. The van der Waals surface area contributed by atoms with E-state index in [0.29, 0.717) is 0 Å². The standard InChI is InChI=1S/C10H10FN3O3S/c1-17-7-4-2-3-6(11)9(7)10-8(5-13-14-10)18(12,15)16/h2-5H,1H3,(H,13,14)(H2,12,15,16). The molecule has 2 aromatic rings. The van der Waals surface area contributed by atoms with Crippen LogP contribution in [0.2, 0.25) is 0 Å². The topological polar surface area (TPSA) is 98.1 Å². The number of ether oxygens (including phenoxy) is 1. The molecule has 0 saturated carbocycles. The maximum Gasteiger partial charge on any atom is 0.241 e. The van der Waals surface area contributed by atoms with Gasteiger partial charge in [-0.05, 0) is 12.1 Å². The van der Waals surface area contributed by atoms with Gasteiger partial charge in [0.2, 0.25) is 10.0 Å². The summed E-state index contributed by atoms with van der Waals surface area (Å²) in [5.41, 5.74) is -0.0611. The fraction of sp³-hybridized carbons (Fsp3) is 0.100. The SMILES string of the molecule is COc1cccc(F)c1-c1[nH]ncc1S(N)(=O)=O. The summed E-state index contributed by atoms with van der Waals surface area (Å²) in [6, 6.07) is 4.14. The van der Waals surface area contributed by atoms with Crippen LogP contribution in [0.25, 0.3) is 11.3 Å². The number of aromatic nitrogens is 2. The van der Waals surface area contributed by atoms with Gasteiger partial charge in [-0.1, -0.05) is 6.07 Å². The highest BCUT2D eigenvalue weighted by Gasteiger charge is 2.22. The van der Waals surface area contributed by atoms with Crippen LogP contribution in [0.1, 0.15) is 0 Å². The molecule has 0 unspecified atom stereocenters. The lowest BCUT2D eigenvalue weighted by atomic mass is 10.1. The van der Waals surface area contributed by atoms with Crippen molar-refractivity contribution in [3.05, 3.63) is 30.2 Å². The normalized spacial score (nSPS) is 11.5. The van der Waals surface area contributed by atoms with Crippen LogP contribution in [0.4, 0.5) is 4.39 Å². The van der Waals surface area contributed by atoms with Gasteiger partial charge in [0.15, 0.2) is 0 Å². The zero-order chi connectivity index (χ0) is 13.3. The maximum absolute atomic E-state index is 13.8. The van der Waals surface area contributed by atoms with Crippen LogP contribution in [-0.2, 0) is 10.0 Å². The maximum atomic E-state index is 13.8. The predicted octanol–water partition coefficient (Wildman–Crippen LogP) is 0.872. The molecule has 0 saturated heterocycles. The molecular formula is C10H10FN3O3S. The van der Waals surface area contributed by atoms with E-state index in [2.05, 4.69) is 10.2 Å². The third-order valence-electron chi connectivity index (χ3n) is 2.36. The van der Waals surface area contributed by atoms with Gasteiger partial charge in [-0.3, -0.25) is 5.10 Å². The molecule has 0 spiro atoms. The number of rotatable bonds is 3. The second-order valence-corrected chi connectivity index (χ2v) is 5.00. The lowest BCUT2D eigenvalue weighted by molar-refractivity contribution is 0.413. The van der Waals surface area contributed by atoms with Gasteiger partial charge >= 0.3 is 0 Å². The molecule has 0 aliphatic heterocycles. The number of halogens is 1. The van der Waals surface area contributed by atoms with E-state index >= 15 is 0 Å². The minimum absolute atomic E-state index is 0.0264. The van der Waals surface area contributed by atoms with Crippen LogP contribution < -0.4 is 9.88 Å². The van der Waals surface area contributed by atoms with Crippen LogP contribution in [-0.4, -0.2) is 25.7 Å². The van der Waals surface area contributed by atoms with Crippen molar-refractivity contribution in [2.75, 3.05) is 7.11 Å². The van der Waals surface area contributed by atoms with Gasteiger partial charge in [0.1, 0.15) is 16.5 Å².